The molecule has 76 valence electrons. The average Bonchev–Trinajstić information content (AvgIpc) is 2.68. The third kappa shape index (κ3) is 1.70. The summed E-state index contributed by atoms with van der Waals surface area (Å²) in [5, 5.41) is 9.28. The van der Waals surface area contributed by atoms with E-state index in [1.807, 2.05) is 24.3 Å². The van der Waals surface area contributed by atoms with Crippen LogP contribution >= 0.6 is 15.9 Å². The van der Waals surface area contributed by atoms with Gasteiger partial charge in [0, 0.05) is 10.0 Å². The Labute approximate surface area is 90.8 Å². The molecule has 1 heterocycles. The van der Waals surface area contributed by atoms with Gasteiger partial charge in [0.2, 0.25) is 5.79 Å². The highest BCUT2D eigenvalue weighted by Gasteiger charge is 2.37. The van der Waals surface area contributed by atoms with E-state index in [1.54, 1.807) is 0 Å². The van der Waals surface area contributed by atoms with Crippen molar-refractivity contribution in [3.8, 4) is 0 Å². The maximum absolute atomic E-state index is 9.28. The van der Waals surface area contributed by atoms with Crippen molar-refractivity contribution in [2.75, 3.05) is 19.8 Å². The van der Waals surface area contributed by atoms with Crippen LogP contribution in [0.5, 0.6) is 0 Å². The van der Waals surface area contributed by atoms with Gasteiger partial charge in [-0.05, 0) is 12.1 Å². The van der Waals surface area contributed by atoms with E-state index >= 15 is 0 Å². The second-order valence-corrected chi connectivity index (χ2v) is 4.03. The van der Waals surface area contributed by atoms with Crippen molar-refractivity contribution < 1.29 is 14.6 Å². The summed E-state index contributed by atoms with van der Waals surface area (Å²) in [4.78, 5) is 0. The van der Waals surface area contributed by atoms with Gasteiger partial charge in [-0.1, -0.05) is 28.1 Å². The quantitative estimate of drug-likeness (QED) is 0.877. The highest BCUT2D eigenvalue weighted by Crippen LogP contribution is 2.31. The minimum Gasteiger partial charge on any atom is -0.390 e. The molecule has 2 rings (SSSR count). The van der Waals surface area contributed by atoms with Gasteiger partial charge >= 0.3 is 0 Å². The van der Waals surface area contributed by atoms with Crippen molar-refractivity contribution in [1.82, 2.24) is 0 Å². The predicted octanol–water partition coefficient (Wildman–Crippen LogP) is 1.64. The van der Waals surface area contributed by atoms with Gasteiger partial charge in [0.15, 0.2) is 0 Å². The van der Waals surface area contributed by atoms with Crippen LogP contribution in [0.1, 0.15) is 5.56 Å². The standard InChI is InChI=1S/C10H11BrO3/c11-9-3-1-8(2-4-9)10(7-12)13-5-6-14-10/h1-4,12H,5-7H2. The number of hydrogen-bond acceptors (Lipinski definition) is 3. The number of benzene rings is 1. The summed E-state index contributed by atoms with van der Waals surface area (Å²) in [5.41, 5.74) is 0.848. The SMILES string of the molecule is OCC1(c2ccc(Br)cc2)OCCO1. The lowest BCUT2D eigenvalue weighted by atomic mass is 10.1. The van der Waals surface area contributed by atoms with E-state index in [-0.39, 0.29) is 6.61 Å². The molecule has 0 radical (unpaired) electrons. The normalized spacial score (nSPS) is 19.9. The van der Waals surface area contributed by atoms with Crippen LogP contribution in [0.2, 0.25) is 0 Å². The smallest absolute Gasteiger partial charge is 0.219 e. The molecule has 1 aliphatic heterocycles. The molecule has 0 atom stereocenters. The molecule has 0 bridgehead atoms. The number of aliphatic hydroxyl groups excluding tert-OH is 1. The van der Waals surface area contributed by atoms with Crippen LogP contribution in [0, 0.1) is 0 Å². The first kappa shape index (κ1) is 10.1. The van der Waals surface area contributed by atoms with E-state index in [9.17, 15) is 5.11 Å². The van der Waals surface area contributed by atoms with Gasteiger partial charge in [-0.2, -0.15) is 0 Å². The van der Waals surface area contributed by atoms with E-state index in [4.69, 9.17) is 9.47 Å². The van der Waals surface area contributed by atoms with Crippen LogP contribution in [-0.2, 0) is 15.3 Å². The van der Waals surface area contributed by atoms with Crippen molar-refractivity contribution in [2.24, 2.45) is 0 Å². The number of ether oxygens (including phenoxy) is 2. The Balaban J connectivity index is 2.31. The van der Waals surface area contributed by atoms with Crippen molar-refractivity contribution >= 4 is 15.9 Å². The van der Waals surface area contributed by atoms with Gasteiger partial charge in [0.1, 0.15) is 6.61 Å². The molecule has 1 fully saturated rings. The maximum Gasteiger partial charge on any atom is 0.219 e. The largest absolute Gasteiger partial charge is 0.390 e. The van der Waals surface area contributed by atoms with E-state index in [0.717, 1.165) is 10.0 Å². The van der Waals surface area contributed by atoms with Gasteiger partial charge in [0.05, 0.1) is 13.2 Å². The Morgan fingerprint density at radius 2 is 1.79 bits per heavy atom. The fourth-order valence-electron chi connectivity index (χ4n) is 1.51. The van der Waals surface area contributed by atoms with Gasteiger partial charge in [-0.15, -0.1) is 0 Å². The van der Waals surface area contributed by atoms with Gasteiger partial charge < -0.3 is 14.6 Å². The lowest BCUT2D eigenvalue weighted by Gasteiger charge is -2.25. The Morgan fingerprint density at radius 1 is 1.21 bits per heavy atom. The molecule has 0 unspecified atom stereocenters. The zero-order chi connectivity index (χ0) is 10.0. The van der Waals surface area contributed by atoms with Crippen LogP contribution in [0.4, 0.5) is 0 Å². The van der Waals surface area contributed by atoms with E-state index in [0.29, 0.717) is 13.2 Å². The Hall–Kier alpha value is -0.420. The summed E-state index contributed by atoms with van der Waals surface area (Å²) in [7, 11) is 0. The Bertz CT molecular complexity index is 304. The monoisotopic (exact) mass is 258 g/mol. The molecule has 1 aromatic carbocycles. The number of hydrogen-bond donors (Lipinski definition) is 1. The van der Waals surface area contributed by atoms with Gasteiger partial charge in [-0.3, -0.25) is 0 Å². The summed E-state index contributed by atoms with van der Waals surface area (Å²) in [6.07, 6.45) is 0. The fraction of sp³-hybridized carbons (Fsp3) is 0.400. The number of rotatable bonds is 2. The van der Waals surface area contributed by atoms with E-state index < -0.39 is 5.79 Å². The van der Waals surface area contributed by atoms with Gasteiger partial charge in [-0.25, -0.2) is 0 Å². The molecule has 0 aromatic heterocycles. The third-order valence-electron chi connectivity index (χ3n) is 2.25. The lowest BCUT2D eigenvalue weighted by Crippen LogP contribution is -2.31. The first-order valence-electron chi connectivity index (χ1n) is 4.42. The molecule has 0 amide bonds. The molecule has 1 aromatic rings. The third-order valence-corrected chi connectivity index (χ3v) is 2.77. The summed E-state index contributed by atoms with van der Waals surface area (Å²) in [6.45, 7) is 0.891. The molecular weight excluding hydrogens is 248 g/mol. The van der Waals surface area contributed by atoms with E-state index in [1.165, 1.54) is 0 Å². The summed E-state index contributed by atoms with van der Waals surface area (Å²) >= 11 is 3.35. The minimum atomic E-state index is -0.944. The van der Waals surface area contributed by atoms with Crippen LogP contribution in [0.3, 0.4) is 0 Å². The highest BCUT2D eigenvalue weighted by atomic mass is 79.9. The molecule has 1 N–H and O–H groups in total. The molecule has 4 heteroatoms. The highest BCUT2D eigenvalue weighted by molar-refractivity contribution is 9.10. The van der Waals surface area contributed by atoms with Crippen molar-refractivity contribution in [3.05, 3.63) is 34.3 Å². The summed E-state index contributed by atoms with van der Waals surface area (Å²) in [5.74, 6) is -0.944. The molecular formula is C10H11BrO3. The summed E-state index contributed by atoms with van der Waals surface area (Å²) in [6, 6.07) is 7.56. The van der Waals surface area contributed by atoms with E-state index in [2.05, 4.69) is 15.9 Å². The second-order valence-electron chi connectivity index (χ2n) is 3.11. The molecule has 0 aliphatic carbocycles. The van der Waals surface area contributed by atoms with Crippen molar-refractivity contribution in [1.29, 1.82) is 0 Å². The summed E-state index contributed by atoms with van der Waals surface area (Å²) < 4.78 is 11.8. The first-order chi connectivity index (χ1) is 6.77. The first-order valence-corrected chi connectivity index (χ1v) is 5.21. The zero-order valence-corrected chi connectivity index (χ0v) is 9.16. The second kappa shape index (κ2) is 3.98. The maximum atomic E-state index is 9.28. The molecule has 3 nitrogen and oxygen atoms in total. The van der Waals surface area contributed by atoms with Crippen LogP contribution in [0.15, 0.2) is 28.7 Å². The average molecular weight is 259 g/mol. The topological polar surface area (TPSA) is 38.7 Å². The Kier molecular flexibility index (Phi) is 2.88. The van der Waals surface area contributed by atoms with Crippen LogP contribution < -0.4 is 0 Å². The molecule has 1 saturated heterocycles. The minimum absolute atomic E-state index is 0.158. The molecule has 1 aliphatic rings. The van der Waals surface area contributed by atoms with Crippen LogP contribution in [0.25, 0.3) is 0 Å². The Morgan fingerprint density at radius 3 is 2.29 bits per heavy atom. The van der Waals surface area contributed by atoms with Gasteiger partial charge in [0.25, 0.3) is 0 Å². The lowest BCUT2D eigenvalue weighted by molar-refractivity contribution is -0.191. The molecule has 0 saturated carbocycles. The number of aliphatic hydroxyl groups is 1. The number of halogens is 1. The fourth-order valence-corrected chi connectivity index (χ4v) is 1.77. The predicted molar refractivity (Wildman–Crippen MR) is 54.8 cm³/mol. The zero-order valence-electron chi connectivity index (χ0n) is 7.57. The van der Waals surface area contributed by atoms with Crippen molar-refractivity contribution in [3.63, 3.8) is 0 Å². The molecule has 0 spiro atoms. The molecule has 14 heavy (non-hydrogen) atoms. The van der Waals surface area contributed by atoms with Crippen LogP contribution in [-0.4, -0.2) is 24.9 Å². The van der Waals surface area contributed by atoms with Crippen molar-refractivity contribution in [2.45, 2.75) is 5.79 Å².